The lowest BCUT2D eigenvalue weighted by atomic mass is 10.4. The monoisotopic (exact) mass is 191 g/mol. The summed E-state index contributed by atoms with van der Waals surface area (Å²) in [6, 6.07) is 1.44. The summed E-state index contributed by atoms with van der Waals surface area (Å²) in [7, 11) is 0. The third kappa shape index (κ3) is 1.60. The van der Waals surface area contributed by atoms with E-state index in [1.807, 2.05) is 0 Å². The molecule has 72 valence electrons. The van der Waals surface area contributed by atoms with Crippen LogP contribution in [-0.4, -0.2) is 20.1 Å². The van der Waals surface area contributed by atoms with Gasteiger partial charge in [0.1, 0.15) is 0 Å². The maximum Gasteiger partial charge on any atom is 0.243 e. The zero-order chi connectivity index (χ0) is 9.97. The van der Waals surface area contributed by atoms with Crippen LogP contribution in [0.4, 0.5) is 0 Å². The minimum absolute atomic E-state index is 0.278. The van der Waals surface area contributed by atoms with E-state index in [0.717, 1.165) is 0 Å². The molecule has 0 radical (unpaired) electrons. The molecule has 6 heteroatoms. The molecule has 0 unspecified atom stereocenters. The largest absolute Gasteiger partial charge is 0.337 e. The van der Waals surface area contributed by atoms with Crippen LogP contribution in [0.25, 0.3) is 11.6 Å². The van der Waals surface area contributed by atoms with Gasteiger partial charge in [-0.1, -0.05) is 5.16 Å². The van der Waals surface area contributed by atoms with E-state index in [1.54, 1.807) is 25.4 Å². The highest BCUT2D eigenvalue weighted by Gasteiger charge is 2.12. The zero-order valence-corrected chi connectivity index (χ0v) is 7.58. The predicted molar refractivity (Wildman–Crippen MR) is 47.9 cm³/mol. The van der Waals surface area contributed by atoms with Crippen molar-refractivity contribution in [3.05, 3.63) is 24.4 Å². The second kappa shape index (κ2) is 3.51. The fourth-order valence-corrected chi connectivity index (χ4v) is 0.926. The lowest BCUT2D eigenvalue weighted by molar-refractivity contribution is 0.362. The zero-order valence-electron chi connectivity index (χ0n) is 7.58. The van der Waals surface area contributed by atoms with Crippen molar-refractivity contribution >= 4 is 0 Å². The van der Waals surface area contributed by atoms with Crippen molar-refractivity contribution in [2.45, 2.75) is 13.0 Å². The Morgan fingerprint density at radius 2 is 2.00 bits per heavy atom. The Morgan fingerprint density at radius 1 is 1.29 bits per heavy atom. The Hall–Kier alpha value is -1.82. The van der Waals surface area contributed by atoms with Crippen LogP contribution in [0.3, 0.4) is 0 Å². The molecule has 0 saturated heterocycles. The first-order chi connectivity index (χ1) is 6.77. The van der Waals surface area contributed by atoms with Crippen LogP contribution in [0.15, 0.2) is 23.0 Å². The summed E-state index contributed by atoms with van der Waals surface area (Å²) in [5, 5.41) is 3.72. The fraction of sp³-hybridized carbons (Fsp3) is 0.250. The van der Waals surface area contributed by atoms with Crippen molar-refractivity contribution in [1.82, 2.24) is 20.1 Å². The fourth-order valence-electron chi connectivity index (χ4n) is 0.926. The van der Waals surface area contributed by atoms with Gasteiger partial charge < -0.3 is 10.3 Å². The number of hydrogen-bond acceptors (Lipinski definition) is 6. The number of nitrogens with zero attached hydrogens (tertiary/aromatic N) is 4. The molecule has 0 aliphatic heterocycles. The van der Waals surface area contributed by atoms with E-state index < -0.39 is 0 Å². The molecule has 0 aromatic carbocycles. The van der Waals surface area contributed by atoms with E-state index in [2.05, 4.69) is 20.1 Å². The Kier molecular flexibility index (Phi) is 2.19. The van der Waals surface area contributed by atoms with Gasteiger partial charge in [-0.3, -0.25) is 0 Å². The average molecular weight is 191 g/mol. The number of aromatic nitrogens is 4. The quantitative estimate of drug-likeness (QED) is 0.745. The van der Waals surface area contributed by atoms with E-state index in [4.69, 9.17) is 10.3 Å². The molecule has 2 aromatic rings. The number of hydrogen-bond donors (Lipinski definition) is 1. The van der Waals surface area contributed by atoms with Crippen LogP contribution in [-0.2, 0) is 0 Å². The molecule has 0 aliphatic rings. The third-order valence-electron chi connectivity index (χ3n) is 1.60. The SMILES string of the molecule is C[C@H](N)c1nc(-c2ncccn2)no1. The van der Waals surface area contributed by atoms with E-state index in [-0.39, 0.29) is 6.04 Å². The van der Waals surface area contributed by atoms with Gasteiger partial charge in [-0.15, -0.1) is 0 Å². The Labute approximate surface area is 80.2 Å². The van der Waals surface area contributed by atoms with Gasteiger partial charge in [0.2, 0.25) is 17.5 Å². The highest BCUT2D eigenvalue weighted by Crippen LogP contribution is 2.12. The highest BCUT2D eigenvalue weighted by molar-refractivity contribution is 5.40. The standard InChI is InChI=1S/C8H9N5O/c1-5(9)8-12-7(13-14-8)6-10-3-2-4-11-6/h2-5H,9H2,1H3/t5-/m0/s1. The summed E-state index contributed by atoms with van der Waals surface area (Å²) >= 11 is 0. The van der Waals surface area contributed by atoms with E-state index >= 15 is 0 Å². The van der Waals surface area contributed by atoms with Crippen LogP contribution < -0.4 is 5.73 Å². The van der Waals surface area contributed by atoms with Gasteiger partial charge in [-0.25, -0.2) is 9.97 Å². The smallest absolute Gasteiger partial charge is 0.243 e. The molecule has 0 fully saturated rings. The van der Waals surface area contributed by atoms with E-state index in [1.165, 1.54) is 0 Å². The molecular weight excluding hydrogens is 182 g/mol. The summed E-state index contributed by atoms with van der Waals surface area (Å²) in [6.07, 6.45) is 3.23. The molecule has 0 spiro atoms. The normalized spacial score (nSPS) is 12.7. The van der Waals surface area contributed by atoms with Gasteiger partial charge >= 0.3 is 0 Å². The summed E-state index contributed by atoms with van der Waals surface area (Å²) in [5.74, 6) is 1.17. The van der Waals surface area contributed by atoms with Crippen molar-refractivity contribution in [3.63, 3.8) is 0 Å². The summed E-state index contributed by atoms with van der Waals surface area (Å²) < 4.78 is 4.91. The van der Waals surface area contributed by atoms with Crippen LogP contribution in [0, 0.1) is 0 Å². The number of rotatable bonds is 2. The molecule has 6 nitrogen and oxygen atoms in total. The predicted octanol–water partition coefficient (Wildman–Crippen LogP) is 0.546. The highest BCUT2D eigenvalue weighted by atomic mass is 16.5. The van der Waals surface area contributed by atoms with Gasteiger partial charge in [0, 0.05) is 12.4 Å². The summed E-state index contributed by atoms with van der Waals surface area (Å²) in [6.45, 7) is 1.77. The molecule has 0 aliphatic carbocycles. The van der Waals surface area contributed by atoms with Crippen LogP contribution >= 0.6 is 0 Å². The van der Waals surface area contributed by atoms with Crippen molar-refractivity contribution < 1.29 is 4.52 Å². The van der Waals surface area contributed by atoms with Gasteiger partial charge in [0.05, 0.1) is 6.04 Å². The number of nitrogens with two attached hydrogens (primary N) is 1. The van der Waals surface area contributed by atoms with Crippen molar-refractivity contribution in [2.75, 3.05) is 0 Å². The van der Waals surface area contributed by atoms with Crippen LogP contribution in [0.5, 0.6) is 0 Å². The molecule has 2 aromatic heterocycles. The minimum atomic E-state index is -0.278. The second-order valence-corrected chi connectivity index (χ2v) is 2.82. The molecule has 14 heavy (non-hydrogen) atoms. The summed E-state index contributed by atoms with van der Waals surface area (Å²) in [4.78, 5) is 12.0. The molecule has 1 atom stereocenters. The molecule has 0 amide bonds. The molecule has 2 N–H and O–H groups in total. The second-order valence-electron chi connectivity index (χ2n) is 2.82. The van der Waals surface area contributed by atoms with Crippen molar-refractivity contribution in [1.29, 1.82) is 0 Å². The third-order valence-corrected chi connectivity index (χ3v) is 1.60. The first kappa shape index (κ1) is 8.76. The van der Waals surface area contributed by atoms with Gasteiger partial charge in [-0.05, 0) is 13.0 Å². The molecule has 2 heterocycles. The first-order valence-corrected chi connectivity index (χ1v) is 4.14. The first-order valence-electron chi connectivity index (χ1n) is 4.14. The molecule has 0 saturated carbocycles. The Bertz CT molecular complexity index is 411. The Morgan fingerprint density at radius 3 is 2.57 bits per heavy atom. The van der Waals surface area contributed by atoms with Gasteiger partial charge in [-0.2, -0.15) is 4.98 Å². The van der Waals surface area contributed by atoms with Crippen LogP contribution in [0.1, 0.15) is 18.9 Å². The topological polar surface area (TPSA) is 90.7 Å². The maximum atomic E-state index is 5.57. The van der Waals surface area contributed by atoms with Gasteiger partial charge in [0.15, 0.2) is 0 Å². The molecule has 0 bridgehead atoms. The maximum absolute atomic E-state index is 5.57. The van der Waals surface area contributed by atoms with Crippen LogP contribution in [0.2, 0.25) is 0 Å². The lowest BCUT2D eigenvalue weighted by Crippen LogP contribution is -2.04. The van der Waals surface area contributed by atoms with Gasteiger partial charge in [0.25, 0.3) is 0 Å². The van der Waals surface area contributed by atoms with Crippen molar-refractivity contribution in [3.8, 4) is 11.6 Å². The Balaban J connectivity index is 2.34. The molecule has 2 rings (SSSR count). The van der Waals surface area contributed by atoms with E-state index in [0.29, 0.717) is 17.5 Å². The lowest BCUT2D eigenvalue weighted by Gasteiger charge is -1.92. The minimum Gasteiger partial charge on any atom is -0.337 e. The summed E-state index contributed by atoms with van der Waals surface area (Å²) in [5.41, 5.74) is 5.57. The van der Waals surface area contributed by atoms with Crippen molar-refractivity contribution in [2.24, 2.45) is 5.73 Å². The van der Waals surface area contributed by atoms with E-state index in [9.17, 15) is 0 Å². The molecular formula is C8H9N5O. The average Bonchev–Trinajstić information content (AvgIpc) is 2.68.